The Labute approximate surface area is 69.0 Å². The molecule has 1 saturated carbocycles. The highest BCUT2D eigenvalue weighted by Gasteiger charge is 2.36. The first kappa shape index (κ1) is 8.49. The van der Waals surface area contributed by atoms with Gasteiger partial charge in [-0.05, 0) is 12.8 Å². The van der Waals surface area contributed by atoms with E-state index in [9.17, 15) is 8.42 Å². The minimum atomic E-state index is -3.18. The molecule has 0 unspecified atom stereocenters. The summed E-state index contributed by atoms with van der Waals surface area (Å²) in [7, 11) is -3.18. The van der Waals surface area contributed by atoms with Crippen LogP contribution >= 0.6 is 15.9 Å². The SMILES string of the molecule is O=S(=O)(OCCBr)C1CC1. The maximum Gasteiger partial charge on any atom is 0.270 e. The third-order valence-electron chi connectivity index (χ3n) is 1.26. The third kappa shape index (κ3) is 2.21. The molecule has 60 valence electrons. The molecule has 5 heteroatoms. The molecule has 0 spiro atoms. The van der Waals surface area contributed by atoms with Gasteiger partial charge in [-0.2, -0.15) is 8.42 Å². The van der Waals surface area contributed by atoms with Crippen LogP contribution in [0, 0.1) is 0 Å². The van der Waals surface area contributed by atoms with E-state index in [1.807, 2.05) is 0 Å². The van der Waals surface area contributed by atoms with Crippen LogP contribution in [0.15, 0.2) is 0 Å². The zero-order chi connectivity index (χ0) is 7.61. The minimum Gasteiger partial charge on any atom is -0.269 e. The van der Waals surface area contributed by atoms with Gasteiger partial charge >= 0.3 is 0 Å². The first-order valence-corrected chi connectivity index (χ1v) is 5.70. The van der Waals surface area contributed by atoms with Crippen molar-refractivity contribution in [2.75, 3.05) is 11.9 Å². The summed E-state index contributed by atoms with van der Waals surface area (Å²) >= 11 is 3.08. The molecule has 0 aromatic rings. The summed E-state index contributed by atoms with van der Waals surface area (Å²) in [5.41, 5.74) is 0. The van der Waals surface area contributed by atoms with Gasteiger partial charge in [-0.15, -0.1) is 0 Å². The second-order valence-corrected chi connectivity index (χ2v) is 4.88. The summed E-state index contributed by atoms with van der Waals surface area (Å²) in [4.78, 5) is 0. The topological polar surface area (TPSA) is 43.4 Å². The van der Waals surface area contributed by atoms with Crippen molar-refractivity contribution in [3.05, 3.63) is 0 Å². The van der Waals surface area contributed by atoms with Crippen LogP contribution in [0.2, 0.25) is 0 Å². The molecule has 0 aliphatic heterocycles. The third-order valence-corrected chi connectivity index (χ3v) is 3.36. The van der Waals surface area contributed by atoms with Crippen LogP contribution in [0.4, 0.5) is 0 Å². The molecule has 0 bridgehead atoms. The monoisotopic (exact) mass is 228 g/mol. The van der Waals surface area contributed by atoms with Gasteiger partial charge in [0.1, 0.15) is 0 Å². The van der Waals surface area contributed by atoms with Crippen LogP contribution in [-0.4, -0.2) is 25.6 Å². The number of alkyl halides is 1. The lowest BCUT2D eigenvalue weighted by Gasteiger charge is -1.99. The van der Waals surface area contributed by atoms with E-state index < -0.39 is 10.1 Å². The molecule has 0 atom stereocenters. The lowest BCUT2D eigenvalue weighted by Crippen LogP contribution is -2.12. The van der Waals surface area contributed by atoms with Gasteiger partial charge in [0.25, 0.3) is 10.1 Å². The Morgan fingerprint density at radius 1 is 1.50 bits per heavy atom. The summed E-state index contributed by atoms with van der Waals surface area (Å²) < 4.78 is 26.4. The molecule has 1 rings (SSSR count). The quantitative estimate of drug-likeness (QED) is 0.531. The van der Waals surface area contributed by atoms with Crippen molar-refractivity contribution >= 4 is 26.0 Å². The fourth-order valence-corrected chi connectivity index (χ4v) is 2.20. The number of halogens is 1. The lowest BCUT2D eigenvalue weighted by molar-refractivity contribution is 0.341. The summed E-state index contributed by atoms with van der Waals surface area (Å²) in [6, 6.07) is 0. The maximum atomic E-state index is 10.9. The standard InChI is InChI=1S/C5H9BrO3S/c6-3-4-9-10(7,8)5-1-2-5/h5H,1-4H2. The van der Waals surface area contributed by atoms with Gasteiger partial charge in [0.15, 0.2) is 0 Å². The number of rotatable bonds is 4. The minimum absolute atomic E-state index is 0.202. The normalized spacial score (nSPS) is 19.3. The molecule has 0 heterocycles. The molecule has 0 radical (unpaired) electrons. The second-order valence-electron chi connectivity index (χ2n) is 2.20. The summed E-state index contributed by atoms with van der Waals surface area (Å²) in [6.07, 6.45) is 1.54. The van der Waals surface area contributed by atoms with Crippen molar-refractivity contribution in [2.45, 2.75) is 18.1 Å². The Kier molecular flexibility index (Phi) is 2.71. The molecule has 1 aliphatic rings. The molecule has 0 saturated heterocycles. The fraction of sp³-hybridized carbons (Fsp3) is 1.00. The fourth-order valence-electron chi connectivity index (χ4n) is 0.601. The smallest absolute Gasteiger partial charge is 0.269 e. The average Bonchev–Trinajstić information content (AvgIpc) is 2.64. The number of hydrogen-bond acceptors (Lipinski definition) is 3. The first-order chi connectivity index (χ1) is 4.67. The van der Waals surface area contributed by atoms with Gasteiger partial charge < -0.3 is 0 Å². The highest BCUT2D eigenvalue weighted by molar-refractivity contribution is 9.09. The van der Waals surface area contributed by atoms with E-state index in [4.69, 9.17) is 0 Å². The largest absolute Gasteiger partial charge is 0.270 e. The van der Waals surface area contributed by atoms with Crippen molar-refractivity contribution in [3.63, 3.8) is 0 Å². The molecule has 0 N–H and O–H groups in total. The van der Waals surface area contributed by atoms with Gasteiger partial charge in [-0.25, -0.2) is 0 Å². The predicted molar refractivity (Wildman–Crippen MR) is 41.7 cm³/mol. The van der Waals surface area contributed by atoms with Crippen molar-refractivity contribution in [1.29, 1.82) is 0 Å². The molecule has 3 nitrogen and oxygen atoms in total. The van der Waals surface area contributed by atoms with Gasteiger partial charge in [-0.3, -0.25) is 4.18 Å². The van der Waals surface area contributed by atoms with E-state index in [0.717, 1.165) is 12.8 Å². The zero-order valence-electron chi connectivity index (χ0n) is 5.42. The van der Waals surface area contributed by atoms with Crippen molar-refractivity contribution in [3.8, 4) is 0 Å². The molecule has 0 aromatic heterocycles. The van der Waals surface area contributed by atoms with Gasteiger partial charge in [0.2, 0.25) is 0 Å². The lowest BCUT2D eigenvalue weighted by atomic mass is 10.9. The van der Waals surface area contributed by atoms with E-state index in [-0.39, 0.29) is 11.9 Å². The van der Waals surface area contributed by atoms with Crippen LogP contribution in [0.3, 0.4) is 0 Å². The summed E-state index contributed by atoms with van der Waals surface area (Å²) in [5.74, 6) is 0. The Balaban J connectivity index is 2.36. The van der Waals surface area contributed by atoms with Crippen LogP contribution < -0.4 is 0 Å². The Morgan fingerprint density at radius 2 is 2.10 bits per heavy atom. The maximum absolute atomic E-state index is 10.9. The van der Waals surface area contributed by atoms with E-state index >= 15 is 0 Å². The van der Waals surface area contributed by atoms with Crippen LogP contribution in [0.1, 0.15) is 12.8 Å². The van der Waals surface area contributed by atoms with E-state index in [1.54, 1.807) is 0 Å². The van der Waals surface area contributed by atoms with Gasteiger partial charge in [0, 0.05) is 5.33 Å². The summed E-state index contributed by atoms with van der Waals surface area (Å²) in [6.45, 7) is 0.249. The van der Waals surface area contributed by atoms with Crippen molar-refractivity contribution in [1.82, 2.24) is 0 Å². The molecule has 1 aliphatic carbocycles. The highest BCUT2D eigenvalue weighted by atomic mass is 79.9. The average molecular weight is 229 g/mol. The van der Waals surface area contributed by atoms with Crippen LogP contribution in [-0.2, 0) is 14.3 Å². The molecule has 1 fully saturated rings. The molecular weight excluding hydrogens is 220 g/mol. The molecule has 0 aromatic carbocycles. The van der Waals surface area contributed by atoms with Crippen molar-refractivity contribution < 1.29 is 12.6 Å². The second kappa shape index (κ2) is 3.19. The van der Waals surface area contributed by atoms with E-state index in [2.05, 4.69) is 20.1 Å². The van der Waals surface area contributed by atoms with Gasteiger partial charge in [-0.1, -0.05) is 15.9 Å². The molecule has 10 heavy (non-hydrogen) atoms. The summed E-state index contributed by atoms with van der Waals surface area (Å²) in [5, 5.41) is 0.366. The zero-order valence-corrected chi connectivity index (χ0v) is 7.82. The molecule has 0 amide bonds. The van der Waals surface area contributed by atoms with Gasteiger partial charge in [0.05, 0.1) is 11.9 Å². The Bertz CT molecular complexity index is 195. The predicted octanol–water partition coefficient (Wildman–Crippen LogP) is 0.890. The Hall–Kier alpha value is 0.390. The number of hydrogen-bond donors (Lipinski definition) is 0. The first-order valence-electron chi connectivity index (χ1n) is 3.11. The van der Waals surface area contributed by atoms with E-state index in [1.165, 1.54) is 0 Å². The van der Waals surface area contributed by atoms with Crippen LogP contribution in [0.5, 0.6) is 0 Å². The van der Waals surface area contributed by atoms with E-state index in [0.29, 0.717) is 5.33 Å². The highest BCUT2D eigenvalue weighted by Crippen LogP contribution is 2.29. The van der Waals surface area contributed by atoms with Crippen LogP contribution in [0.25, 0.3) is 0 Å². The molecular formula is C5H9BrO3S. The Morgan fingerprint density at radius 3 is 2.50 bits per heavy atom. The van der Waals surface area contributed by atoms with Crippen molar-refractivity contribution in [2.24, 2.45) is 0 Å².